The fourth-order valence-electron chi connectivity index (χ4n) is 1.31. The van der Waals surface area contributed by atoms with Crippen LogP contribution in [0.3, 0.4) is 0 Å². The van der Waals surface area contributed by atoms with Crippen molar-refractivity contribution in [2.75, 3.05) is 19.8 Å². The molecule has 0 radical (unpaired) electrons. The van der Waals surface area contributed by atoms with Crippen LogP contribution in [0.1, 0.15) is 20.3 Å². The fourth-order valence-corrected chi connectivity index (χ4v) is 1.60. The van der Waals surface area contributed by atoms with E-state index in [4.69, 9.17) is 33.0 Å². The highest BCUT2D eigenvalue weighted by Crippen LogP contribution is 2.26. The molecule has 0 heterocycles. The number of aliphatic hydroxyl groups is 1. The number of benzene rings is 1. The quantitative estimate of drug-likeness (QED) is 0.812. The topological polar surface area (TPSA) is 58.6 Å². The number of hydrogen-bond acceptors (Lipinski definition) is 3. The van der Waals surface area contributed by atoms with Crippen molar-refractivity contribution in [3.05, 3.63) is 28.2 Å². The zero-order chi connectivity index (χ0) is 15.2. The molecule has 0 spiro atoms. The highest BCUT2D eigenvalue weighted by atomic mass is 35.5. The lowest BCUT2D eigenvalue weighted by Crippen LogP contribution is -2.36. The van der Waals surface area contributed by atoms with Gasteiger partial charge in [0.05, 0.1) is 23.1 Å². The molecule has 4 nitrogen and oxygen atoms in total. The molecule has 2 N–H and O–H groups in total. The number of ether oxygens (including phenoxy) is 1. The van der Waals surface area contributed by atoms with Gasteiger partial charge in [0, 0.05) is 24.6 Å². The van der Waals surface area contributed by atoms with Crippen LogP contribution in [0, 0.1) is 5.41 Å². The molecular formula is C14H19Cl2NO3. The summed E-state index contributed by atoms with van der Waals surface area (Å²) in [6.45, 7) is 4.45. The molecule has 112 valence electrons. The van der Waals surface area contributed by atoms with Crippen LogP contribution in [0.2, 0.25) is 10.0 Å². The predicted molar refractivity (Wildman–Crippen MR) is 80.5 cm³/mol. The average molecular weight is 320 g/mol. The molecule has 0 aliphatic carbocycles. The molecule has 0 fully saturated rings. The summed E-state index contributed by atoms with van der Waals surface area (Å²) in [4.78, 5) is 11.6. The van der Waals surface area contributed by atoms with Crippen molar-refractivity contribution < 1.29 is 14.6 Å². The summed E-state index contributed by atoms with van der Waals surface area (Å²) in [5.74, 6) is 0.453. The van der Waals surface area contributed by atoms with Crippen molar-refractivity contribution in [2.45, 2.75) is 20.3 Å². The molecule has 20 heavy (non-hydrogen) atoms. The SMILES string of the molecule is CC(C)(CO)CNC(=O)CCOc1ccc(Cl)c(Cl)c1. The van der Waals surface area contributed by atoms with Gasteiger partial charge in [0.15, 0.2) is 0 Å². The largest absolute Gasteiger partial charge is 0.493 e. The van der Waals surface area contributed by atoms with Gasteiger partial charge < -0.3 is 15.2 Å². The average Bonchev–Trinajstić information content (AvgIpc) is 2.41. The first kappa shape index (κ1) is 17.1. The van der Waals surface area contributed by atoms with Crippen molar-refractivity contribution >= 4 is 29.1 Å². The maximum absolute atomic E-state index is 11.6. The molecule has 1 rings (SSSR count). The van der Waals surface area contributed by atoms with Gasteiger partial charge in [0.1, 0.15) is 5.75 Å². The third kappa shape index (κ3) is 5.99. The second kappa shape index (κ2) is 7.72. The minimum absolute atomic E-state index is 0.0209. The first-order valence-corrected chi connectivity index (χ1v) is 7.05. The summed E-state index contributed by atoms with van der Waals surface area (Å²) in [7, 11) is 0. The van der Waals surface area contributed by atoms with E-state index in [2.05, 4.69) is 5.32 Å². The predicted octanol–water partition coefficient (Wildman–Crippen LogP) is 2.90. The van der Waals surface area contributed by atoms with E-state index < -0.39 is 0 Å². The standard InChI is InChI=1S/C14H19Cl2NO3/c1-14(2,9-18)8-17-13(19)5-6-20-10-3-4-11(15)12(16)7-10/h3-4,7,18H,5-6,8-9H2,1-2H3,(H,17,19). The zero-order valence-corrected chi connectivity index (χ0v) is 13.1. The lowest BCUT2D eigenvalue weighted by atomic mass is 9.95. The Hall–Kier alpha value is -0.970. The van der Waals surface area contributed by atoms with Gasteiger partial charge in [-0.15, -0.1) is 0 Å². The van der Waals surface area contributed by atoms with Gasteiger partial charge in [0.2, 0.25) is 5.91 Å². The van der Waals surface area contributed by atoms with Gasteiger partial charge >= 0.3 is 0 Å². The van der Waals surface area contributed by atoms with Crippen LogP contribution in [-0.2, 0) is 4.79 Å². The van der Waals surface area contributed by atoms with Crippen molar-refractivity contribution in [1.82, 2.24) is 5.32 Å². The number of aliphatic hydroxyl groups excluding tert-OH is 1. The van der Waals surface area contributed by atoms with Crippen molar-refractivity contribution in [3.63, 3.8) is 0 Å². The number of nitrogens with one attached hydrogen (secondary N) is 1. The molecular weight excluding hydrogens is 301 g/mol. The van der Waals surface area contributed by atoms with Crippen LogP contribution in [0.15, 0.2) is 18.2 Å². The number of hydrogen-bond donors (Lipinski definition) is 2. The van der Waals surface area contributed by atoms with E-state index in [1.165, 1.54) is 0 Å². The molecule has 0 atom stereocenters. The van der Waals surface area contributed by atoms with Gasteiger partial charge in [-0.25, -0.2) is 0 Å². The maximum atomic E-state index is 11.6. The third-order valence-corrected chi connectivity index (χ3v) is 3.42. The van der Waals surface area contributed by atoms with E-state index in [9.17, 15) is 4.79 Å². The Morgan fingerprint density at radius 2 is 2.05 bits per heavy atom. The highest BCUT2D eigenvalue weighted by molar-refractivity contribution is 6.42. The Morgan fingerprint density at radius 1 is 1.35 bits per heavy atom. The molecule has 6 heteroatoms. The lowest BCUT2D eigenvalue weighted by molar-refractivity contribution is -0.122. The summed E-state index contributed by atoms with van der Waals surface area (Å²) in [6, 6.07) is 4.95. The summed E-state index contributed by atoms with van der Waals surface area (Å²) in [6.07, 6.45) is 0.238. The molecule has 1 amide bonds. The Bertz CT molecular complexity index is 464. The molecule has 0 aromatic heterocycles. The van der Waals surface area contributed by atoms with E-state index >= 15 is 0 Å². The van der Waals surface area contributed by atoms with Gasteiger partial charge in [-0.2, -0.15) is 0 Å². The van der Waals surface area contributed by atoms with Crippen molar-refractivity contribution in [3.8, 4) is 5.75 Å². The monoisotopic (exact) mass is 319 g/mol. The van der Waals surface area contributed by atoms with E-state index in [-0.39, 0.29) is 31.0 Å². The van der Waals surface area contributed by atoms with Gasteiger partial charge in [0.25, 0.3) is 0 Å². The summed E-state index contributed by atoms with van der Waals surface area (Å²) in [5, 5.41) is 12.7. The van der Waals surface area contributed by atoms with Crippen LogP contribution in [0.5, 0.6) is 5.75 Å². The van der Waals surface area contributed by atoms with Gasteiger partial charge in [-0.05, 0) is 12.1 Å². The zero-order valence-electron chi connectivity index (χ0n) is 11.6. The van der Waals surface area contributed by atoms with Crippen LogP contribution >= 0.6 is 23.2 Å². The number of amides is 1. The van der Waals surface area contributed by atoms with Crippen LogP contribution in [-0.4, -0.2) is 30.8 Å². The highest BCUT2D eigenvalue weighted by Gasteiger charge is 2.17. The van der Waals surface area contributed by atoms with Crippen molar-refractivity contribution in [2.24, 2.45) is 5.41 Å². The van der Waals surface area contributed by atoms with E-state index in [0.717, 1.165) is 0 Å². The minimum Gasteiger partial charge on any atom is -0.493 e. The van der Waals surface area contributed by atoms with Crippen LogP contribution in [0.4, 0.5) is 0 Å². The normalized spacial score (nSPS) is 11.2. The van der Waals surface area contributed by atoms with Crippen molar-refractivity contribution in [1.29, 1.82) is 0 Å². The number of carbonyl (C=O) groups excluding carboxylic acids is 1. The molecule has 0 saturated carbocycles. The van der Waals surface area contributed by atoms with Gasteiger partial charge in [-0.3, -0.25) is 4.79 Å². The van der Waals surface area contributed by atoms with E-state index in [1.807, 2.05) is 13.8 Å². The smallest absolute Gasteiger partial charge is 0.223 e. The summed E-state index contributed by atoms with van der Waals surface area (Å²) >= 11 is 11.6. The summed E-state index contributed by atoms with van der Waals surface area (Å²) < 4.78 is 5.42. The second-order valence-corrected chi connectivity index (χ2v) is 6.09. The minimum atomic E-state index is -0.319. The number of rotatable bonds is 7. The van der Waals surface area contributed by atoms with E-state index in [0.29, 0.717) is 22.3 Å². The fraction of sp³-hybridized carbons (Fsp3) is 0.500. The van der Waals surface area contributed by atoms with Gasteiger partial charge in [-0.1, -0.05) is 37.0 Å². The Labute approximate surface area is 129 Å². The molecule has 0 aliphatic rings. The molecule has 0 unspecified atom stereocenters. The Morgan fingerprint density at radius 3 is 2.65 bits per heavy atom. The Kier molecular flexibility index (Phi) is 6.59. The first-order valence-electron chi connectivity index (χ1n) is 6.29. The molecule has 0 saturated heterocycles. The number of halogens is 2. The maximum Gasteiger partial charge on any atom is 0.223 e. The van der Waals surface area contributed by atoms with Crippen LogP contribution in [0.25, 0.3) is 0 Å². The Balaban J connectivity index is 2.30. The molecule has 0 bridgehead atoms. The molecule has 1 aromatic carbocycles. The number of carbonyl (C=O) groups is 1. The molecule has 0 aliphatic heterocycles. The van der Waals surface area contributed by atoms with Crippen LogP contribution < -0.4 is 10.1 Å². The first-order chi connectivity index (χ1) is 9.34. The third-order valence-electron chi connectivity index (χ3n) is 2.68. The lowest BCUT2D eigenvalue weighted by Gasteiger charge is -2.21. The van der Waals surface area contributed by atoms with E-state index in [1.54, 1.807) is 18.2 Å². The molecule has 1 aromatic rings. The second-order valence-electron chi connectivity index (χ2n) is 5.27. The summed E-state index contributed by atoms with van der Waals surface area (Å²) in [5.41, 5.74) is -0.319.